The summed E-state index contributed by atoms with van der Waals surface area (Å²) in [6, 6.07) is 0. The van der Waals surface area contributed by atoms with Gasteiger partial charge in [-0.1, -0.05) is 25.2 Å². The summed E-state index contributed by atoms with van der Waals surface area (Å²) in [5.74, 6) is 0.908. The summed E-state index contributed by atoms with van der Waals surface area (Å²) in [4.78, 5) is 21.3. The topological polar surface area (TPSA) is 90.7 Å². The Morgan fingerprint density at radius 2 is 2.16 bits per heavy atom. The molecule has 0 aliphatic heterocycles. The highest BCUT2D eigenvalue weighted by atomic mass is 16.5. The number of methoxy groups -OCH3 is 1. The lowest BCUT2D eigenvalue weighted by atomic mass is 9.88. The Bertz CT molecular complexity index is 754. The number of aromatic nitrogens is 1. The van der Waals surface area contributed by atoms with Gasteiger partial charge in [0, 0.05) is 13.5 Å². The van der Waals surface area contributed by atoms with Crippen molar-refractivity contribution in [1.82, 2.24) is 4.98 Å². The lowest BCUT2D eigenvalue weighted by Crippen LogP contribution is -2.23. The van der Waals surface area contributed by atoms with E-state index < -0.39 is 5.91 Å². The van der Waals surface area contributed by atoms with Crippen LogP contribution in [0.3, 0.4) is 0 Å². The van der Waals surface area contributed by atoms with Gasteiger partial charge in [-0.15, -0.1) is 0 Å². The number of nitrogens with two attached hydrogens (primary N) is 1. The normalized spacial score (nSPS) is 19.2. The van der Waals surface area contributed by atoms with Crippen molar-refractivity contribution in [1.29, 1.82) is 0 Å². The molecule has 0 saturated heterocycles. The second-order valence-corrected chi connectivity index (χ2v) is 5.78. The molecule has 1 amide bonds. The molecule has 25 heavy (non-hydrogen) atoms. The van der Waals surface area contributed by atoms with Gasteiger partial charge in [-0.05, 0) is 31.4 Å². The van der Waals surface area contributed by atoms with Crippen LogP contribution in [-0.2, 0) is 11.2 Å². The fraction of sp³-hybridized carbons (Fsp3) is 0.421. The van der Waals surface area contributed by atoms with E-state index in [1.165, 1.54) is 0 Å². The van der Waals surface area contributed by atoms with Crippen molar-refractivity contribution in [2.45, 2.75) is 33.6 Å². The van der Waals surface area contributed by atoms with Crippen LogP contribution in [-0.4, -0.2) is 30.3 Å². The van der Waals surface area contributed by atoms with E-state index in [4.69, 9.17) is 14.9 Å². The van der Waals surface area contributed by atoms with E-state index in [-0.39, 0.29) is 11.7 Å². The average molecular weight is 343 g/mol. The minimum atomic E-state index is -0.412. The molecule has 0 spiro atoms. The molecule has 2 rings (SSSR count). The molecule has 1 atom stereocenters. The van der Waals surface area contributed by atoms with Crippen LogP contribution in [0.1, 0.15) is 42.4 Å². The highest BCUT2D eigenvalue weighted by Crippen LogP contribution is 2.28. The highest BCUT2D eigenvalue weighted by molar-refractivity contribution is 6.12. The summed E-state index contributed by atoms with van der Waals surface area (Å²) in [6.45, 7) is 6.05. The van der Waals surface area contributed by atoms with Crippen molar-refractivity contribution >= 4 is 11.6 Å². The molecule has 0 saturated carbocycles. The Kier molecular flexibility index (Phi) is 6.47. The molecule has 134 valence electrons. The molecule has 0 aromatic carbocycles. The molecule has 2 N–H and O–H groups in total. The number of carbonyl (C=O) groups is 1. The van der Waals surface area contributed by atoms with Crippen LogP contribution >= 0.6 is 0 Å². The van der Waals surface area contributed by atoms with Crippen LogP contribution in [0.4, 0.5) is 0 Å². The molecule has 6 heteroatoms. The number of rotatable bonds is 6. The molecule has 0 fully saturated rings. The number of allylic oxidation sites excluding steroid dienone is 5. The van der Waals surface area contributed by atoms with E-state index in [1.807, 2.05) is 38.2 Å². The van der Waals surface area contributed by atoms with Crippen molar-refractivity contribution in [2.75, 3.05) is 13.7 Å². The Morgan fingerprint density at radius 1 is 1.40 bits per heavy atom. The summed E-state index contributed by atoms with van der Waals surface area (Å²) in [5, 5.41) is 0. The van der Waals surface area contributed by atoms with E-state index in [2.05, 4.69) is 9.98 Å². The molecular formula is C19H25N3O3. The number of amides is 1. The summed E-state index contributed by atoms with van der Waals surface area (Å²) in [7, 11) is 1.62. The van der Waals surface area contributed by atoms with Crippen LogP contribution < -0.4 is 5.73 Å². The fourth-order valence-corrected chi connectivity index (χ4v) is 2.79. The first kappa shape index (κ1) is 18.9. The number of ether oxygens (including phenoxy) is 1. The van der Waals surface area contributed by atoms with E-state index in [1.54, 1.807) is 14.0 Å². The second kappa shape index (κ2) is 8.58. The van der Waals surface area contributed by atoms with Crippen LogP contribution in [0.25, 0.3) is 0 Å². The van der Waals surface area contributed by atoms with Gasteiger partial charge in [-0.3, -0.25) is 4.79 Å². The van der Waals surface area contributed by atoms with Crippen LogP contribution in [0.2, 0.25) is 0 Å². The van der Waals surface area contributed by atoms with Gasteiger partial charge in [0.2, 0.25) is 5.76 Å². The lowest BCUT2D eigenvalue weighted by Gasteiger charge is -2.23. The SMILES string of the molecule is CCc1nc(C)oc1C(=O)N=C1C(C)=CC=C(OC)C1C/C=C/CN. The first-order chi connectivity index (χ1) is 12.0. The molecule has 1 aliphatic carbocycles. The van der Waals surface area contributed by atoms with Crippen molar-refractivity contribution < 1.29 is 13.9 Å². The van der Waals surface area contributed by atoms with E-state index >= 15 is 0 Å². The Balaban J connectivity index is 2.39. The number of aliphatic imine (C=N–C) groups is 1. The van der Waals surface area contributed by atoms with E-state index in [0.717, 1.165) is 11.3 Å². The Morgan fingerprint density at radius 3 is 2.80 bits per heavy atom. The third kappa shape index (κ3) is 4.33. The van der Waals surface area contributed by atoms with Gasteiger partial charge < -0.3 is 14.9 Å². The van der Waals surface area contributed by atoms with Gasteiger partial charge in [0.05, 0.1) is 24.4 Å². The van der Waals surface area contributed by atoms with Crippen LogP contribution in [0, 0.1) is 12.8 Å². The molecule has 6 nitrogen and oxygen atoms in total. The number of hydrogen-bond donors (Lipinski definition) is 1. The Labute approximate surface area is 148 Å². The highest BCUT2D eigenvalue weighted by Gasteiger charge is 2.27. The zero-order valence-corrected chi connectivity index (χ0v) is 15.2. The standard InChI is InChI=1S/C19H25N3O3/c1-5-15-18(25-13(3)21-15)19(23)22-17-12(2)9-10-16(24-4)14(17)8-6-7-11-20/h6-7,9-10,14H,5,8,11,20H2,1-4H3/b7-6+,22-17?. The minimum absolute atomic E-state index is 0.129. The smallest absolute Gasteiger partial charge is 0.314 e. The monoisotopic (exact) mass is 343 g/mol. The lowest BCUT2D eigenvalue weighted by molar-refractivity contribution is 0.0973. The molecule has 1 aromatic heterocycles. The molecular weight excluding hydrogens is 318 g/mol. The molecule has 0 bridgehead atoms. The number of oxazole rings is 1. The minimum Gasteiger partial charge on any atom is -0.500 e. The van der Waals surface area contributed by atoms with Crippen LogP contribution in [0.15, 0.2) is 45.0 Å². The summed E-state index contributed by atoms with van der Waals surface area (Å²) < 4.78 is 10.9. The number of nitrogens with zero attached hydrogens (tertiary/aromatic N) is 2. The molecule has 1 aliphatic rings. The first-order valence-corrected chi connectivity index (χ1v) is 8.38. The summed E-state index contributed by atoms with van der Waals surface area (Å²) >= 11 is 0. The van der Waals surface area contributed by atoms with Gasteiger partial charge in [-0.25, -0.2) is 9.98 Å². The maximum Gasteiger partial charge on any atom is 0.314 e. The summed E-state index contributed by atoms with van der Waals surface area (Å²) in [5.41, 5.74) is 7.76. The second-order valence-electron chi connectivity index (χ2n) is 5.78. The third-order valence-corrected chi connectivity index (χ3v) is 4.04. The van der Waals surface area contributed by atoms with E-state index in [0.29, 0.717) is 36.7 Å². The largest absolute Gasteiger partial charge is 0.500 e. The van der Waals surface area contributed by atoms with Crippen LogP contribution in [0.5, 0.6) is 0 Å². The number of carbonyl (C=O) groups excluding carboxylic acids is 1. The Hall–Kier alpha value is -2.47. The van der Waals surface area contributed by atoms with Crippen molar-refractivity contribution in [3.05, 3.63) is 53.0 Å². The zero-order valence-electron chi connectivity index (χ0n) is 15.2. The number of aryl methyl sites for hydroxylation is 2. The van der Waals surface area contributed by atoms with E-state index in [9.17, 15) is 4.79 Å². The zero-order chi connectivity index (χ0) is 18.4. The van der Waals surface area contributed by atoms with Crippen molar-refractivity contribution in [3.63, 3.8) is 0 Å². The quantitative estimate of drug-likeness (QED) is 0.801. The molecule has 1 aromatic rings. The first-order valence-electron chi connectivity index (χ1n) is 8.38. The van der Waals surface area contributed by atoms with Crippen molar-refractivity contribution in [2.24, 2.45) is 16.6 Å². The van der Waals surface area contributed by atoms with Gasteiger partial charge in [-0.2, -0.15) is 0 Å². The predicted molar refractivity (Wildman–Crippen MR) is 97.5 cm³/mol. The molecule has 1 heterocycles. The molecule has 1 unspecified atom stereocenters. The summed E-state index contributed by atoms with van der Waals surface area (Å²) in [6.07, 6.45) is 8.95. The maximum atomic E-state index is 12.7. The van der Waals surface area contributed by atoms with Gasteiger partial charge in [0.25, 0.3) is 0 Å². The maximum absolute atomic E-state index is 12.7. The average Bonchev–Trinajstić information content (AvgIpc) is 2.99. The van der Waals surface area contributed by atoms with Gasteiger partial charge >= 0.3 is 5.91 Å². The fourth-order valence-electron chi connectivity index (χ4n) is 2.79. The third-order valence-electron chi connectivity index (χ3n) is 4.04. The number of hydrogen-bond acceptors (Lipinski definition) is 5. The molecule has 0 radical (unpaired) electrons. The van der Waals surface area contributed by atoms with Gasteiger partial charge in [0.1, 0.15) is 5.76 Å². The van der Waals surface area contributed by atoms with Crippen molar-refractivity contribution in [3.8, 4) is 0 Å². The van der Waals surface area contributed by atoms with Gasteiger partial charge in [0.15, 0.2) is 5.89 Å². The predicted octanol–water partition coefficient (Wildman–Crippen LogP) is 3.14.